The number of carbonyl (C=O) groups excluding carboxylic acids is 4. The van der Waals surface area contributed by atoms with E-state index in [0.717, 1.165) is 23.3 Å². The molecule has 4 amide bonds. The molecule has 0 N–H and O–H groups in total. The molecule has 3 aliphatic heterocycles. The van der Waals surface area contributed by atoms with Crippen molar-refractivity contribution in [2.24, 2.45) is 0 Å². The molecule has 0 aliphatic carbocycles. The van der Waals surface area contributed by atoms with Crippen molar-refractivity contribution in [1.82, 2.24) is 14.7 Å². The Morgan fingerprint density at radius 3 is 2.52 bits per heavy atom. The summed E-state index contributed by atoms with van der Waals surface area (Å²) in [6.07, 6.45) is 1.79. The molecule has 1 unspecified atom stereocenters. The van der Waals surface area contributed by atoms with Gasteiger partial charge in [0.15, 0.2) is 0 Å². The Morgan fingerprint density at radius 2 is 1.79 bits per heavy atom. The van der Waals surface area contributed by atoms with Gasteiger partial charge in [-0.2, -0.15) is 0 Å². The number of amides is 4. The summed E-state index contributed by atoms with van der Waals surface area (Å²) >= 11 is 0. The molecule has 3 aliphatic rings. The van der Waals surface area contributed by atoms with Crippen molar-refractivity contribution in [3.63, 3.8) is 0 Å². The van der Waals surface area contributed by atoms with E-state index in [1.807, 2.05) is 6.92 Å². The molecule has 0 saturated carbocycles. The Hall–Kier alpha value is -2.55. The van der Waals surface area contributed by atoms with E-state index in [9.17, 15) is 23.4 Å². The van der Waals surface area contributed by atoms with Crippen LogP contribution in [0.4, 0.5) is 0 Å². The number of hydrogen-bond donors (Lipinski definition) is 0. The van der Waals surface area contributed by atoms with Crippen molar-refractivity contribution in [1.29, 1.82) is 0 Å². The Balaban J connectivity index is 1.42. The average molecular weight is 417 g/mol. The van der Waals surface area contributed by atoms with Crippen LogP contribution in [-0.2, 0) is 20.4 Å². The molecule has 29 heavy (non-hydrogen) atoms. The molecular formula is C20H23N3O5S. The third-order valence-corrected chi connectivity index (χ3v) is 6.96. The van der Waals surface area contributed by atoms with Gasteiger partial charge in [-0.1, -0.05) is 11.6 Å². The summed E-state index contributed by atoms with van der Waals surface area (Å²) in [6.45, 7) is 3.12. The van der Waals surface area contributed by atoms with Gasteiger partial charge in [-0.25, -0.2) is 0 Å². The zero-order valence-corrected chi connectivity index (χ0v) is 17.1. The Bertz CT molecular complexity index is 925. The maximum Gasteiger partial charge on any atom is 0.261 e. The Labute approximate surface area is 171 Å². The molecule has 1 aromatic rings. The summed E-state index contributed by atoms with van der Waals surface area (Å²) in [5.41, 5.74) is 1.58. The highest BCUT2D eigenvalue weighted by atomic mass is 32.2. The van der Waals surface area contributed by atoms with Crippen molar-refractivity contribution in [3.05, 3.63) is 34.9 Å². The molecule has 2 saturated heterocycles. The van der Waals surface area contributed by atoms with Crippen LogP contribution in [0.15, 0.2) is 18.2 Å². The highest BCUT2D eigenvalue weighted by Crippen LogP contribution is 2.25. The molecule has 0 radical (unpaired) electrons. The third-order valence-electron chi connectivity index (χ3n) is 5.70. The van der Waals surface area contributed by atoms with Crippen molar-refractivity contribution < 1.29 is 23.4 Å². The second-order valence-electron chi connectivity index (χ2n) is 7.71. The van der Waals surface area contributed by atoms with Crippen molar-refractivity contribution in [3.8, 4) is 0 Å². The van der Waals surface area contributed by atoms with Gasteiger partial charge >= 0.3 is 0 Å². The maximum atomic E-state index is 12.8. The molecule has 1 aromatic carbocycles. The molecule has 9 heteroatoms. The van der Waals surface area contributed by atoms with Gasteiger partial charge in [0.25, 0.3) is 11.8 Å². The van der Waals surface area contributed by atoms with Crippen LogP contribution >= 0.6 is 0 Å². The molecule has 2 atom stereocenters. The minimum absolute atomic E-state index is 0.0182. The first-order chi connectivity index (χ1) is 13.9. The number of aryl methyl sites for hydroxylation is 1. The van der Waals surface area contributed by atoms with Gasteiger partial charge in [0, 0.05) is 36.9 Å². The van der Waals surface area contributed by atoms with Crippen LogP contribution in [0.1, 0.15) is 45.5 Å². The molecule has 4 rings (SSSR count). The number of benzene rings is 1. The first-order valence-corrected chi connectivity index (χ1v) is 11.3. The SMILES string of the molecule is Cc1ccc2c(c1)C(=O)N(CCC(=O)N1CS(=O)C[C@H]1C(=O)N1CCCC1)C2=O. The van der Waals surface area contributed by atoms with Crippen LogP contribution in [0.5, 0.6) is 0 Å². The van der Waals surface area contributed by atoms with Crippen LogP contribution < -0.4 is 0 Å². The van der Waals surface area contributed by atoms with Crippen LogP contribution in [0.3, 0.4) is 0 Å². The lowest BCUT2D eigenvalue weighted by molar-refractivity contribution is -0.142. The highest BCUT2D eigenvalue weighted by Gasteiger charge is 2.41. The summed E-state index contributed by atoms with van der Waals surface area (Å²) in [6, 6.07) is 4.35. The van der Waals surface area contributed by atoms with Gasteiger partial charge in [-0.05, 0) is 31.9 Å². The van der Waals surface area contributed by atoms with Crippen molar-refractivity contribution >= 4 is 34.4 Å². The van der Waals surface area contributed by atoms with E-state index in [1.54, 1.807) is 23.1 Å². The second-order valence-corrected chi connectivity index (χ2v) is 9.18. The molecule has 154 valence electrons. The number of nitrogens with zero attached hydrogens (tertiary/aromatic N) is 3. The summed E-state index contributed by atoms with van der Waals surface area (Å²) < 4.78 is 12.1. The summed E-state index contributed by atoms with van der Waals surface area (Å²) in [4.78, 5) is 54.8. The molecular weight excluding hydrogens is 394 g/mol. The van der Waals surface area contributed by atoms with Gasteiger partial charge in [-0.3, -0.25) is 28.3 Å². The first kappa shape index (κ1) is 19.8. The largest absolute Gasteiger partial charge is 0.341 e. The summed E-state index contributed by atoms with van der Waals surface area (Å²) in [5, 5.41) is 0. The number of likely N-dealkylation sites (tertiary alicyclic amines) is 1. The highest BCUT2D eigenvalue weighted by molar-refractivity contribution is 7.85. The number of imide groups is 1. The average Bonchev–Trinajstić information content (AvgIpc) is 3.40. The zero-order valence-electron chi connectivity index (χ0n) is 16.3. The van der Waals surface area contributed by atoms with E-state index in [2.05, 4.69) is 0 Å². The number of carbonyl (C=O) groups is 4. The van der Waals surface area contributed by atoms with Gasteiger partial charge in [0.1, 0.15) is 6.04 Å². The quantitative estimate of drug-likeness (QED) is 0.666. The monoisotopic (exact) mass is 417 g/mol. The van der Waals surface area contributed by atoms with Crippen LogP contribution in [0.2, 0.25) is 0 Å². The molecule has 8 nitrogen and oxygen atoms in total. The summed E-state index contributed by atoms with van der Waals surface area (Å²) in [5.74, 6) is -1.17. The van der Waals surface area contributed by atoms with Crippen LogP contribution in [0, 0.1) is 6.92 Å². The third kappa shape index (κ3) is 3.59. The number of rotatable bonds is 4. The fraction of sp³-hybridized carbons (Fsp3) is 0.500. The Morgan fingerprint density at radius 1 is 1.10 bits per heavy atom. The fourth-order valence-corrected chi connectivity index (χ4v) is 5.54. The van der Waals surface area contributed by atoms with E-state index in [0.29, 0.717) is 24.2 Å². The normalized spacial score (nSPS) is 23.8. The molecule has 3 heterocycles. The lowest BCUT2D eigenvalue weighted by Gasteiger charge is -2.27. The van der Waals surface area contributed by atoms with E-state index in [1.165, 1.54) is 4.90 Å². The van der Waals surface area contributed by atoms with Gasteiger partial charge < -0.3 is 9.80 Å². The lowest BCUT2D eigenvalue weighted by Crippen LogP contribution is -2.48. The first-order valence-electron chi connectivity index (χ1n) is 9.77. The zero-order chi connectivity index (χ0) is 20.7. The van der Waals surface area contributed by atoms with E-state index in [4.69, 9.17) is 0 Å². The molecule has 0 aromatic heterocycles. The lowest BCUT2D eigenvalue weighted by atomic mass is 10.1. The van der Waals surface area contributed by atoms with Crippen LogP contribution in [0.25, 0.3) is 0 Å². The maximum absolute atomic E-state index is 12.8. The van der Waals surface area contributed by atoms with Crippen molar-refractivity contribution in [2.45, 2.75) is 32.2 Å². The number of fused-ring (bicyclic) bond motifs is 1. The van der Waals surface area contributed by atoms with E-state index >= 15 is 0 Å². The fourth-order valence-electron chi connectivity index (χ4n) is 4.12. The minimum atomic E-state index is -1.27. The predicted molar refractivity (Wildman–Crippen MR) is 105 cm³/mol. The standard InChI is InChI=1S/C20H23N3O5S/c1-13-4-5-14-15(10-13)19(26)22(18(14)25)9-6-17(24)23-12-29(28)11-16(23)20(27)21-7-2-3-8-21/h4-5,10,16H,2-3,6-9,11-12H2,1H3/t16-,29?/m0/s1. The molecule has 2 fully saturated rings. The number of hydrogen-bond acceptors (Lipinski definition) is 5. The minimum Gasteiger partial charge on any atom is -0.341 e. The predicted octanol–water partition coefficient (Wildman–Crippen LogP) is 0.521. The van der Waals surface area contributed by atoms with Gasteiger partial charge in [0.05, 0.1) is 22.8 Å². The van der Waals surface area contributed by atoms with Gasteiger partial charge in [-0.15, -0.1) is 0 Å². The second kappa shape index (κ2) is 7.70. The Kier molecular flexibility index (Phi) is 5.24. The molecule has 0 bridgehead atoms. The van der Waals surface area contributed by atoms with Crippen LogP contribution in [-0.4, -0.2) is 79.8 Å². The topological polar surface area (TPSA) is 95.1 Å². The van der Waals surface area contributed by atoms with E-state index in [-0.39, 0.29) is 36.4 Å². The van der Waals surface area contributed by atoms with Gasteiger partial charge in [0.2, 0.25) is 11.8 Å². The van der Waals surface area contributed by atoms with E-state index < -0.39 is 28.7 Å². The van der Waals surface area contributed by atoms with Crippen molar-refractivity contribution in [2.75, 3.05) is 31.3 Å². The molecule has 0 spiro atoms. The summed E-state index contributed by atoms with van der Waals surface area (Å²) in [7, 11) is -1.27. The smallest absolute Gasteiger partial charge is 0.261 e.